The molecule has 0 spiro atoms. The van der Waals surface area contributed by atoms with Gasteiger partial charge in [-0.2, -0.15) is 0 Å². The van der Waals surface area contributed by atoms with E-state index in [1.165, 1.54) is 0 Å². The zero-order valence-corrected chi connectivity index (χ0v) is 11.8. The van der Waals surface area contributed by atoms with Crippen LogP contribution in [0.4, 0.5) is 0 Å². The minimum Gasteiger partial charge on any atom is -0.465 e. The summed E-state index contributed by atoms with van der Waals surface area (Å²) in [5.74, 6) is 1.75. The highest BCUT2D eigenvalue weighted by Crippen LogP contribution is 2.33. The Hall–Kier alpha value is -1.83. The molecular weight excluding hydrogens is 236 g/mol. The summed E-state index contributed by atoms with van der Waals surface area (Å²) in [7, 11) is 0. The van der Waals surface area contributed by atoms with Crippen LogP contribution in [0.15, 0.2) is 34.7 Å². The lowest BCUT2D eigenvalue weighted by Crippen LogP contribution is -1.96. The Balaban J connectivity index is 2.57. The Bertz CT molecular complexity index is 564. The Morgan fingerprint density at radius 1 is 1.21 bits per heavy atom. The summed E-state index contributed by atoms with van der Waals surface area (Å²) in [6, 6.07) is 10.0. The number of carbonyl (C=O) groups is 1. The van der Waals surface area contributed by atoms with Gasteiger partial charge in [-0.3, -0.25) is 4.79 Å². The molecule has 19 heavy (non-hydrogen) atoms. The standard InChI is InChI=1S/C17H20O2/c1-4-5-11-15-17(14-9-7-6-8-10-14)16(12(2)18)13(3)19-15/h6-10H,4-5,11H2,1-3H3. The highest BCUT2D eigenvalue weighted by Gasteiger charge is 2.21. The lowest BCUT2D eigenvalue weighted by Gasteiger charge is -2.04. The van der Waals surface area contributed by atoms with Gasteiger partial charge >= 0.3 is 0 Å². The molecule has 100 valence electrons. The first kappa shape index (κ1) is 13.6. The second-order valence-electron chi connectivity index (χ2n) is 4.86. The van der Waals surface area contributed by atoms with Crippen molar-refractivity contribution in [1.82, 2.24) is 0 Å². The number of aryl methyl sites for hydroxylation is 2. The maximum atomic E-state index is 11.9. The SMILES string of the molecule is CCCCc1oc(C)c(C(C)=O)c1-c1ccccc1. The van der Waals surface area contributed by atoms with Crippen LogP contribution in [-0.2, 0) is 6.42 Å². The second kappa shape index (κ2) is 5.87. The average Bonchev–Trinajstić information content (AvgIpc) is 2.74. The third kappa shape index (κ3) is 2.78. The predicted octanol–water partition coefficient (Wildman–Crippen LogP) is 4.80. The van der Waals surface area contributed by atoms with Crippen LogP contribution in [0.1, 0.15) is 48.6 Å². The maximum absolute atomic E-state index is 11.9. The van der Waals surface area contributed by atoms with E-state index >= 15 is 0 Å². The number of hydrogen-bond donors (Lipinski definition) is 0. The fraction of sp³-hybridized carbons (Fsp3) is 0.353. The lowest BCUT2D eigenvalue weighted by atomic mass is 9.96. The maximum Gasteiger partial charge on any atom is 0.163 e. The van der Waals surface area contributed by atoms with Crippen molar-refractivity contribution in [2.45, 2.75) is 40.0 Å². The molecule has 0 aliphatic heterocycles. The molecule has 0 fully saturated rings. The zero-order chi connectivity index (χ0) is 13.8. The van der Waals surface area contributed by atoms with E-state index in [1.54, 1.807) is 6.92 Å². The van der Waals surface area contributed by atoms with Gasteiger partial charge in [0.1, 0.15) is 11.5 Å². The van der Waals surface area contributed by atoms with Gasteiger partial charge in [-0.1, -0.05) is 43.7 Å². The highest BCUT2D eigenvalue weighted by molar-refractivity contribution is 6.02. The van der Waals surface area contributed by atoms with Gasteiger partial charge in [0.05, 0.1) is 5.56 Å². The fourth-order valence-corrected chi connectivity index (χ4v) is 2.45. The van der Waals surface area contributed by atoms with E-state index in [1.807, 2.05) is 37.3 Å². The van der Waals surface area contributed by atoms with E-state index in [-0.39, 0.29) is 5.78 Å². The van der Waals surface area contributed by atoms with Crippen molar-refractivity contribution < 1.29 is 9.21 Å². The Morgan fingerprint density at radius 2 is 1.89 bits per heavy atom. The first-order valence-corrected chi connectivity index (χ1v) is 6.83. The molecule has 0 bridgehead atoms. The molecule has 1 aromatic heterocycles. The smallest absolute Gasteiger partial charge is 0.163 e. The Labute approximate surface area is 114 Å². The summed E-state index contributed by atoms with van der Waals surface area (Å²) in [4.78, 5) is 11.9. The third-order valence-electron chi connectivity index (χ3n) is 3.33. The zero-order valence-electron chi connectivity index (χ0n) is 11.8. The molecule has 2 aromatic rings. The van der Waals surface area contributed by atoms with Gasteiger partial charge in [-0.05, 0) is 25.8 Å². The molecule has 2 nitrogen and oxygen atoms in total. The number of furan rings is 1. The van der Waals surface area contributed by atoms with Gasteiger partial charge in [0.2, 0.25) is 0 Å². The van der Waals surface area contributed by atoms with E-state index in [0.717, 1.165) is 47.5 Å². The highest BCUT2D eigenvalue weighted by atomic mass is 16.3. The lowest BCUT2D eigenvalue weighted by molar-refractivity contribution is 0.101. The molecule has 0 aliphatic carbocycles. The summed E-state index contributed by atoms with van der Waals surface area (Å²) in [5.41, 5.74) is 2.78. The van der Waals surface area contributed by atoms with Crippen molar-refractivity contribution in [1.29, 1.82) is 0 Å². The normalized spacial score (nSPS) is 10.7. The molecule has 0 saturated carbocycles. The van der Waals surface area contributed by atoms with Gasteiger partial charge < -0.3 is 4.42 Å². The van der Waals surface area contributed by atoms with Gasteiger partial charge in [-0.25, -0.2) is 0 Å². The summed E-state index contributed by atoms with van der Waals surface area (Å²) >= 11 is 0. The number of carbonyl (C=O) groups excluding carboxylic acids is 1. The molecule has 0 saturated heterocycles. The molecule has 1 heterocycles. The van der Waals surface area contributed by atoms with E-state index in [2.05, 4.69) is 6.92 Å². The Kier molecular flexibility index (Phi) is 4.20. The molecule has 0 amide bonds. The van der Waals surface area contributed by atoms with Gasteiger partial charge in [0.25, 0.3) is 0 Å². The van der Waals surface area contributed by atoms with Crippen LogP contribution in [-0.4, -0.2) is 5.78 Å². The van der Waals surface area contributed by atoms with Crippen molar-refractivity contribution >= 4 is 5.78 Å². The predicted molar refractivity (Wildman–Crippen MR) is 77.5 cm³/mol. The fourth-order valence-electron chi connectivity index (χ4n) is 2.45. The monoisotopic (exact) mass is 256 g/mol. The van der Waals surface area contributed by atoms with E-state index < -0.39 is 0 Å². The molecular formula is C17H20O2. The molecule has 0 aliphatic rings. The largest absolute Gasteiger partial charge is 0.465 e. The van der Waals surface area contributed by atoms with Gasteiger partial charge in [0.15, 0.2) is 5.78 Å². The van der Waals surface area contributed by atoms with Crippen LogP contribution >= 0.6 is 0 Å². The van der Waals surface area contributed by atoms with Crippen LogP contribution in [0.3, 0.4) is 0 Å². The number of ketones is 1. The van der Waals surface area contributed by atoms with Crippen LogP contribution in [0.2, 0.25) is 0 Å². The van der Waals surface area contributed by atoms with Crippen molar-refractivity contribution in [3.05, 3.63) is 47.4 Å². The van der Waals surface area contributed by atoms with E-state index in [0.29, 0.717) is 0 Å². The second-order valence-corrected chi connectivity index (χ2v) is 4.86. The molecule has 2 rings (SSSR count). The van der Waals surface area contributed by atoms with Crippen LogP contribution in [0.5, 0.6) is 0 Å². The summed E-state index contributed by atoms with van der Waals surface area (Å²) in [6.45, 7) is 5.64. The summed E-state index contributed by atoms with van der Waals surface area (Å²) < 4.78 is 5.84. The number of hydrogen-bond acceptors (Lipinski definition) is 2. The molecule has 2 heteroatoms. The summed E-state index contributed by atoms with van der Waals surface area (Å²) in [6.07, 6.45) is 3.07. The number of Topliss-reactive ketones (excluding diaryl/α,β-unsaturated/α-hetero) is 1. The van der Waals surface area contributed by atoms with Crippen molar-refractivity contribution in [2.24, 2.45) is 0 Å². The topological polar surface area (TPSA) is 30.2 Å². The number of benzene rings is 1. The van der Waals surface area contributed by atoms with Gasteiger partial charge in [-0.15, -0.1) is 0 Å². The van der Waals surface area contributed by atoms with Crippen LogP contribution < -0.4 is 0 Å². The third-order valence-corrected chi connectivity index (χ3v) is 3.33. The minimum absolute atomic E-state index is 0.0721. The molecule has 0 N–H and O–H groups in total. The van der Waals surface area contributed by atoms with Gasteiger partial charge in [0, 0.05) is 12.0 Å². The molecule has 0 unspecified atom stereocenters. The Morgan fingerprint density at radius 3 is 2.47 bits per heavy atom. The van der Waals surface area contributed by atoms with Crippen molar-refractivity contribution in [3.63, 3.8) is 0 Å². The number of unbranched alkanes of at least 4 members (excludes halogenated alkanes) is 1. The van der Waals surface area contributed by atoms with Crippen LogP contribution in [0, 0.1) is 6.92 Å². The summed E-state index contributed by atoms with van der Waals surface area (Å²) in [5, 5.41) is 0. The molecule has 1 aromatic carbocycles. The van der Waals surface area contributed by atoms with Crippen LogP contribution in [0.25, 0.3) is 11.1 Å². The minimum atomic E-state index is 0.0721. The van der Waals surface area contributed by atoms with E-state index in [4.69, 9.17) is 4.42 Å². The molecule has 0 radical (unpaired) electrons. The van der Waals surface area contributed by atoms with Crippen molar-refractivity contribution in [3.8, 4) is 11.1 Å². The quantitative estimate of drug-likeness (QED) is 0.719. The average molecular weight is 256 g/mol. The first-order chi connectivity index (χ1) is 9.15. The first-order valence-electron chi connectivity index (χ1n) is 6.83. The number of rotatable bonds is 5. The van der Waals surface area contributed by atoms with Crippen molar-refractivity contribution in [2.75, 3.05) is 0 Å². The molecule has 0 atom stereocenters. The van der Waals surface area contributed by atoms with E-state index in [9.17, 15) is 4.79 Å².